The van der Waals surface area contributed by atoms with Gasteiger partial charge in [0.15, 0.2) is 0 Å². The topological polar surface area (TPSA) is 102 Å². The number of hydrogen-bond acceptors (Lipinski definition) is 7. The van der Waals surface area contributed by atoms with Crippen LogP contribution in [0.5, 0.6) is 0 Å². The van der Waals surface area contributed by atoms with Gasteiger partial charge in [-0.1, -0.05) is 0 Å². The molecule has 0 bridgehead atoms. The van der Waals surface area contributed by atoms with Crippen LogP contribution >= 0.6 is 0 Å². The molecule has 3 heterocycles. The van der Waals surface area contributed by atoms with Crippen LogP contribution in [-0.4, -0.2) is 58.2 Å². The van der Waals surface area contributed by atoms with Crippen molar-refractivity contribution >= 4 is 33.1 Å². The second kappa shape index (κ2) is 8.97. The Morgan fingerprint density at radius 1 is 1.03 bits per heavy atom. The zero-order valence-electron chi connectivity index (χ0n) is 21.3. The number of aryl methyl sites for hydroxylation is 1. The maximum Gasteiger partial charge on any atom is 0.258 e. The van der Waals surface area contributed by atoms with Crippen molar-refractivity contribution in [3.8, 4) is 0 Å². The van der Waals surface area contributed by atoms with Crippen molar-refractivity contribution in [2.24, 2.45) is 5.41 Å². The average Bonchev–Trinajstić information content (AvgIpc) is 3.57. The number of rotatable bonds is 5. The van der Waals surface area contributed by atoms with Crippen molar-refractivity contribution in [2.75, 3.05) is 47.6 Å². The Morgan fingerprint density at radius 2 is 1.67 bits per heavy atom. The summed E-state index contributed by atoms with van der Waals surface area (Å²) in [5.74, 6) is 0.568. The third-order valence-corrected chi connectivity index (χ3v) is 9.11. The lowest BCUT2D eigenvalue weighted by molar-refractivity contribution is 0.102. The molecule has 2 N–H and O–H groups in total. The summed E-state index contributed by atoms with van der Waals surface area (Å²) in [6.07, 6.45) is 6.95. The highest BCUT2D eigenvalue weighted by Crippen LogP contribution is 2.54. The summed E-state index contributed by atoms with van der Waals surface area (Å²) in [7, 11) is -2.92. The number of aromatic nitrogens is 2. The van der Waals surface area contributed by atoms with Crippen molar-refractivity contribution in [1.29, 1.82) is 4.78 Å². The molecule has 0 radical (unpaired) electrons. The molecular formula is C26H35FN6O2S. The molecule has 1 aliphatic carbocycles. The van der Waals surface area contributed by atoms with Crippen LogP contribution in [0.25, 0.3) is 0 Å². The Balaban J connectivity index is 1.40. The molecule has 1 amide bonds. The smallest absolute Gasteiger partial charge is 0.258 e. The van der Waals surface area contributed by atoms with E-state index in [9.17, 15) is 13.4 Å². The Kier molecular flexibility index (Phi) is 6.21. The quantitative estimate of drug-likeness (QED) is 0.595. The van der Waals surface area contributed by atoms with Gasteiger partial charge < -0.3 is 15.1 Å². The molecule has 1 spiro atoms. The van der Waals surface area contributed by atoms with Crippen molar-refractivity contribution < 1.29 is 13.4 Å². The lowest BCUT2D eigenvalue weighted by atomic mass is 9.93. The number of anilines is 3. The molecule has 3 fully saturated rings. The first-order valence-corrected chi connectivity index (χ1v) is 14.6. The maximum atomic E-state index is 14.3. The van der Waals surface area contributed by atoms with Gasteiger partial charge in [0.05, 0.1) is 21.0 Å². The fourth-order valence-electron chi connectivity index (χ4n) is 5.22. The third-order valence-electron chi connectivity index (χ3n) is 7.96. The van der Waals surface area contributed by atoms with Gasteiger partial charge in [-0.2, -0.15) is 4.98 Å². The summed E-state index contributed by atoms with van der Waals surface area (Å²) >= 11 is 0. The summed E-state index contributed by atoms with van der Waals surface area (Å²) < 4.78 is 34.8. The van der Waals surface area contributed by atoms with Crippen LogP contribution in [-0.2, 0) is 9.73 Å². The van der Waals surface area contributed by atoms with Crippen LogP contribution in [0, 0.1) is 17.1 Å². The van der Waals surface area contributed by atoms with Crippen LogP contribution in [0.4, 0.5) is 21.8 Å². The highest BCUT2D eigenvalue weighted by Gasteiger charge is 2.44. The Morgan fingerprint density at radius 3 is 2.28 bits per heavy atom. The lowest BCUT2D eigenvalue weighted by Gasteiger charge is -2.35. The molecule has 5 rings (SSSR count). The number of piperidine rings is 2. The molecule has 2 saturated heterocycles. The third kappa shape index (κ3) is 5.33. The normalized spacial score (nSPS) is 22.2. The number of amides is 1. The second-order valence-electron chi connectivity index (χ2n) is 11.1. The van der Waals surface area contributed by atoms with Gasteiger partial charge in [0.2, 0.25) is 5.95 Å². The van der Waals surface area contributed by atoms with E-state index >= 15 is 0 Å². The summed E-state index contributed by atoms with van der Waals surface area (Å²) in [4.78, 5) is 27.1. The Bertz CT molecular complexity index is 1270. The first-order chi connectivity index (χ1) is 16.9. The van der Waals surface area contributed by atoms with Crippen molar-refractivity contribution in [1.82, 2.24) is 9.97 Å². The maximum absolute atomic E-state index is 14.3. The minimum Gasteiger partial charge on any atom is -0.371 e. The fraction of sp³-hybridized carbons (Fsp3) is 0.577. The molecule has 194 valence electrons. The van der Waals surface area contributed by atoms with E-state index in [2.05, 4.69) is 20.2 Å². The van der Waals surface area contributed by atoms with Gasteiger partial charge in [-0.15, -0.1) is 0 Å². The zero-order chi connectivity index (χ0) is 25.7. The summed E-state index contributed by atoms with van der Waals surface area (Å²) in [6, 6.07) is 6.74. The van der Waals surface area contributed by atoms with Crippen molar-refractivity contribution in [2.45, 2.75) is 62.9 Å². The molecule has 8 nitrogen and oxygen atoms in total. The minimum atomic E-state index is -2.92. The zero-order valence-corrected chi connectivity index (χ0v) is 22.1. The summed E-state index contributed by atoms with van der Waals surface area (Å²) in [6.45, 7) is 6.20. The van der Waals surface area contributed by atoms with E-state index in [4.69, 9.17) is 4.78 Å². The number of nitrogens with zero attached hydrogens (tertiary/aromatic N) is 4. The largest absolute Gasteiger partial charge is 0.371 e. The van der Waals surface area contributed by atoms with E-state index in [-0.39, 0.29) is 5.91 Å². The minimum absolute atomic E-state index is 0.310. The standard InChI is InChI=1S/C26H35FN6O2S/c1-18-16-22(31-24(29-18)33-12-8-25(2,27)9-13-33)30-23(34)20-5-4-19(36(3,28)35)17-21(20)32-14-10-26(6-7-26)11-15-32/h4-5,16-17,28H,6-15H2,1-3H3,(H,29,30,31,34). The van der Waals surface area contributed by atoms with Gasteiger partial charge >= 0.3 is 0 Å². The Labute approximate surface area is 212 Å². The van der Waals surface area contributed by atoms with E-state index in [0.29, 0.717) is 65.0 Å². The van der Waals surface area contributed by atoms with Gasteiger partial charge in [-0.05, 0) is 76.0 Å². The number of carbonyl (C=O) groups is 1. The highest BCUT2D eigenvalue weighted by atomic mass is 32.2. The number of benzene rings is 1. The van der Waals surface area contributed by atoms with Crippen LogP contribution < -0.4 is 15.1 Å². The lowest BCUT2D eigenvalue weighted by Crippen LogP contribution is -2.41. The molecule has 10 heteroatoms. The van der Waals surface area contributed by atoms with E-state index in [0.717, 1.165) is 25.9 Å². The van der Waals surface area contributed by atoms with Gasteiger partial charge in [-0.3, -0.25) is 4.79 Å². The van der Waals surface area contributed by atoms with E-state index in [1.807, 2.05) is 11.8 Å². The van der Waals surface area contributed by atoms with Crippen LogP contribution in [0.15, 0.2) is 29.2 Å². The second-order valence-corrected chi connectivity index (χ2v) is 13.2. The summed E-state index contributed by atoms with van der Waals surface area (Å²) in [5.41, 5.74) is 1.21. The number of halogens is 1. The average molecular weight is 515 g/mol. The van der Waals surface area contributed by atoms with Gasteiger partial charge in [-0.25, -0.2) is 18.4 Å². The monoisotopic (exact) mass is 514 g/mol. The summed E-state index contributed by atoms with van der Waals surface area (Å²) in [5, 5.41) is 2.93. The number of alkyl halides is 1. The number of nitrogens with one attached hydrogen (secondary N) is 2. The first-order valence-electron chi connectivity index (χ1n) is 12.7. The molecule has 1 unspecified atom stereocenters. The van der Waals surface area contributed by atoms with Gasteiger partial charge in [0, 0.05) is 49.1 Å². The SMILES string of the molecule is Cc1cc(NC(=O)c2ccc(S(C)(=N)=O)cc2N2CCC3(CC2)CC3)nc(N2CCC(C)(F)CC2)n1. The molecule has 1 aromatic heterocycles. The van der Waals surface area contributed by atoms with E-state index in [1.165, 1.54) is 19.1 Å². The number of hydrogen-bond donors (Lipinski definition) is 2. The van der Waals surface area contributed by atoms with Crippen molar-refractivity contribution in [3.05, 3.63) is 35.5 Å². The number of carbonyl (C=O) groups excluding carboxylic acids is 1. The molecule has 1 aromatic carbocycles. The van der Waals surface area contributed by atoms with E-state index < -0.39 is 15.4 Å². The molecule has 1 saturated carbocycles. The molecule has 1 atom stereocenters. The van der Waals surface area contributed by atoms with Crippen LogP contribution in [0.2, 0.25) is 0 Å². The van der Waals surface area contributed by atoms with Crippen LogP contribution in [0.1, 0.15) is 61.5 Å². The van der Waals surface area contributed by atoms with Crippen LogP contribution in [0.3, 0.4) is 0 Å². The highest BCUT2D eigenvalue weighted by molar-refractivity contribution is 7.91. The predicted octanol–water partition coefficient (Wildman–Crippen LogP) is 4.78. The fourth-order valence-corrected chi connectivity index (χ4v) is 5.89. The first kappa shape index (κ1) is 24.9. The van der Waals surface area contributed by atoms with Crippen molar-refractivity contribution in [3.63, 3.8) is 0 Å². The Hall–Kier alpha value is -2.75. The molecule has 36 heavy (non-hydrogen) atoms. The predicted molar refractivity (Wildman–Crippen MR) is 140 cm³/mol. The molecular weight excluding hydrogens is 479 g/mol. The van der Waals surface area contributed by atoms with Gasteiger partial charge in [0.25, 0.3) is 5.91 Å². The molecule has 2 aromatic rings. The van der Waals surface area contributed by atoms with E-state index in [1.54, 1.807) is 31.2 Å². The van der Waals surface area contributed by atoms with Gasteiger partial charge in [0.1, 0.15) is 11.5 Å². The molecule has 2 aliphatic heterocycles. The molecule has 3 aliphatic rings.